The number of thiophene rings is 1. The van der Waals surface area contributed by atoms with Crippen LogP contribution in [0, 0.1) is 0 Å². The maximum atomic E-state index is 12.2. The van der Waals surface area contributed by atoms with Crippen LogP contribution in [0.1, 0.15) is 26.6 Å². The van der Waals surface area contributed by atoms with E-state index in [4.69, 9.17) is 13.6 Å². The fourth-order valence-electron chi connectivity index (χ4n) is 2.40. The number of ether oxygens (including phenoxy) is 1. The number of nitrogens with zero attached hydrogens (tertiary/aromatic N) is 1. The number of oxazole rings is 1. The average Bonchev–Trinajstić information content (AvgIpc) is 3.49. The summed E-state index contributed by atoms with van der Waals surface area (Å²) >= 11 is 1.52. The van der Waals surface area contributed by atoms with Crippen LogP contribution in [0.3, 0.4) is 0 Å². The predicted octanol–water partition coefficient (Wildman–Crippen LogP) is 4.61. The maximum absolute atomic E-state index is 12.2. The van der Waals surface area contributed by atoms with Crippen molar-refractivity contribution in [3.8, 4) is 10.8 Å². The second kappa shape index (κ2) is 7.93. The van der Waals surface area contributed by atoms with Gasteiger partial charge < -0.3 is 18.9 Å². The van der Waals surface area contributed by atoms with Crippen molar-refractivity contribution in [2.45, 2.75) is 6.61 Å². The molecule has 0 aliphatic rings. The van der Waals surface area contributed by atoms with Crippen molar-refractivity contribution < 1.29 is 23.2 Å². The van der Waals surface area contributed by atoms with Gasteiger partial charge in [0, 0.05) is 5.69 Å². The van der Waals surface area contributed by atoms with E-state index in [-0.39, 0.29) is 18.3 Å². The highest BCUT2D eigenvalue weighted by Gasteiger charge is 2.13. The van der Waals surface area contributed by atoms with Crippen molar-refractivity contribution >= 4 is 28.9 Å². The molecule has 0 unspecified atom stereocenters. The number of nitrogens with one attached hydrogen (secondary N) is 1. The maximum Gasteiger partial charge on any atom is 0.338 e. The highest BCUT2D eigenvalue weighted by Crippen LogP contribution is 2.24. The Bertz CT molecular complexity index is 1070. The number of amides is 1. The van der Waals surface area contributed by atoms with Gasteiger partial charge in [0.2, 0.25) is 5.89 Å². The molecule has 0 saturated heterocycles. The first-order chi connectivity index (χ1) is 13.7. The zero-order valence-corrected chi connectivity index (χ0v) is 15.3. The van der Waals surface area contributed by atoms with E-state index < -0.39 is 5.97 Å². The molecule has 8 heteroatoms. The summed E-state index contributed by atoms with van der Waals surface area (Å²) in [6.07, 6.45) is 2.89. The zero-order chi connectivity index (χ0) is 19.3. The monoisotopic (exact) mass is 394 g/mol. The summed E-state index contributed by atoms with van der Waals surface area (Å²) in [5.41, 5.74) is 1.42. The van der Waals surface area contributed by atoms with E-state index in [1.54, 1.807) is 36.4 Å². The van der Waals surface area contributed by atoms with Crippen molar-refractivity contribution in [1.29, 1.82) is 0 Å². The van der Waals surface area contributed by atoms with E-state index >= 15 is 0 Å². The van der Waals surface area contributed by atoms with Gasteiger partial charge in [0.1, 0.15) is 18.6 Å². The van der Waals surface area contributed by atoms with Gasteiger partial charge in [0.25, 0.3) is 5.91 Å². The molecule has 7 nitrogen and oxygen atoms in total. The molecule has 0 aliphatic heterocycles. The number of benzene rings is 1. The van der Waals surface area contributed by atoms with E-state index in [1.165, 1.54) is 23.9 Å². The van der Waals surface area contributed by atoms with E-state index in [0.29, 0.717) is 22.8 Å². The van der Waals surface area contributed by atoms with Gasteiger partial charge in [-0.25, -0.2) is 9.78 Å². The third-order valence-corrected chi connectivity index (χ3v) is 4.62. The van der Waals surface area contributed by atoms with Gasteiger partial charge >= 0.3 is 5.97 Å². The summed E-state index contributed by atoms with van der Waals surface area (Å²) < 4.78 is 15.7. The van der Waals surface area contributed by atoms with Crippen molar-refractivity contribution in [2.24, 2.45) is 0 Å². The summed E-state index contributed by atoms with van der Waals surface area (Å²) in [5.74, 6) is -0.159. The molecule has 1 N–H and O–H groups in total. The Hall–Kier alpha value is -3.65. The Kier molecular flexibility index (Phi) is 5.03. The van der Waals surface area contributed by atoms with Gasteiger partial charge in [-0.1, -0.05) is 6.07 Å². The van der Waals surface area contributed by atoms with E-state index in [9.17, 15) is 9.59 Å². The molecule has 3 heterocycles. The molecular formula is C20H14N2O5S. The SMILES string of the molecule is O=C(OCc1coc(-c2cccs2)n1)c1ccc(NC(=O)c2ccco2)cc1. The van der Waals surface area contributed by atoms with Crippen LogP contribution in [0.2, 0.25) is 0 Å². The van der Waals surface area contributed by atoms with Crippen LogP contribution < -0.4 is 5.32 Å². The third kappa shape index (κ3) is 4.02. The molecule has 4 aromatic rings. The Labute approximate surface area is 163 Å². The fourth-order valence-corrected chi connectivity index (χ4v) is 3.06. The molecule has 28 heavy (non-hydrogen) atoms. The molecule has 0 aliphatic carbocycles. The van der Waals surface area contributed by atoms with Gasteiger partial charge in [-0.15, -0.1) is 11.3 Å². The van der Waals surface area contributed by atoms with Crippen LogP contribution in [0.5, 0.6) is 0 Å². The topological polar surface area (TPSA) is 94.6 Å². The molecule has 1 aromatic carbocycles. The van der Waals surface area contributed by atoms with Crippen LogP contribution >= 0.6 is 11.3 Å². The van der Waals surface area contributed by atoms with Gasteiger partial charge in [-0.05, 0) is 47.8 Å². The Morgan fingerprint density at radius 1 is 1.07 bits per heavy atom. The standard InChI is InChI=1S/C20H14N2O5S/c23-18(16-3-1-9-25-16)21-14-7-5-13(6-8-14)20(24)27-12-15-11-26-19(22-15)17-4-2-10-28-17/h1-11H,12H2,(H,21,23). The van der Waals surface area contributed by atoms with E-state index in [2.05, 4.69) is 10.3 Å². The van der Waals surface area contributed by atoms with Crippen LogP contribution in [-0.2, 0) is 11.3 Å². The third-order valence-electron chi connectivity index (χ3n) is 3.76. The summed E-state index contributed by atoms with van der Waals surface area (Å²) in [6, 6.07) is 13.4. The first-order valence-electron chi connectivity index (χ1n) is 8.29. The molecule has 0 fully saturated rings. The molecule has 0 bridgehead atoms. The van der Waals surface area contributed by atoms with Gasteiger partial charge in [-0.2, -0.15) is 0 Å². The minimum Gasteiger partial charge on any atom is -0.459 e. The average molecular weight is 394 g/mol. The van der Waals surface area contributed by atoms with Crippen LogP contribution in [0.25, 0.3) is 10.8 Å². The van der Waals surface area contributed by atoms with E-state index in [0.717, 1.165) is 4.88 Å². The van der Waals surface area contributed by atoms with Gasteiger partial charge in [-0.3, -0.25) is 4.79 Å². The van der Waals surface area contributed by atoms with Crippen molar-refractivity contribution in [3.05, 3.63) is 83.5 Å². The van der Waals surface area contributed by atoms with Crippen LogP contribution in [0.4, 0.5) is 5.69 Å². The molecule has 0 saturated carbocycles. The smallest absolute Gasteiger partial charge is 0.338 e. The summed E-state index contributed by atoms with van der Waals surface area (Å²) in [7, 11) is 0. The number of hydrogen-bond donors (Lipinski definition) is 1. The number of esters is 1. The fraction of sp³-hybridized carbons (Fsp3) is 0.0500. The molecule has 0 atom stereocenters. The molecule has 1 amide bonds. The van der Waals surface area contributed by atoms with Crippen LogP contribution in [-0.4, -0.2) is 16.9 Å². The lowest BCUT2D eigenvalue weighted by molar-refractivity contribution is 0.0467. The zero-order valence-electron chi connectivity index (χ0n) is 14.5. The number of rotatable bonds is 6. The van der Waals surface area contributed by atoms with Crippen molar-refractivity contribution in [1.82, 2.24) is 4.98 Å². The molecule has 0 spiro atoms. The second-order valence-corrected chi connectivity index (χ2v) is 6.65. The first-order valence-corrected chi connectivity index (χ1v) is 9.17. The largest absolute Gasteiger partial charge is 0.459 e. The van der Waals surface area contributed by atoms with Gasteiger partial charge in [0.05, 0.1) is 16.7 Å². The highest BCUT2D eigenvalue weighted by molar-refractivity contribution is 7.13. The Morgan fingerprint density at radius 3 is 2.64 bits per heavy atom. The quantitative estimate of drug-likeness (QED) is 0.480. The minimum absolute atomic E-state index is 0.00465. The number of carbonyl (C=O) groups is 2. The number of aromatic nitrogens is 1. The Balaban J connectivity index is 1.33. The molecular weight excluding hydrogens is 380 g/mol. The van der Waals surface area contributed by atoms with Gasteiger partial charge in [0.15, 0.2) is 5.76 Å². The molecule has 140 valence electrons. The molecule has 4 rings (SSSR count). The summed E-state index contributed by atoms with van der Waals surface area (Å²) in [5, 5.41) is 4.61. The number of carbonyl (C=O) groups excluding carboxylic acids is 2. The molecule has 0 radical (unpaired) electrons. The van der Waals surface area contributed by atoms with Crippen molar-refractivity contribution in [3.63, 3.8) is 0 Å². The predicted molar refractivity (Wildman–Crippen MR) is 102 cm³/mol. The Morgan fingerprint density at radius 2 is 1.93 bits per heavy atom. The van der Waals surface area contributed by atoms with Crippen molar-refractivity contribution in [2.75, 3.05) is 5.32 Å². The normalized spacial score (nSPS) is 10.6. The lowest BCUT2D eigenvalue weighted by Gasteiger charge is -2.05. The molecule has 3 aromatic heterocycles. The van der Waals surface area contributed by atoms with Crippen LogP contribution in [0.15, 0.2) is 75.3 Å². The summed E-state index contributed by atoms with van der Waals surface area (Å²) in [6.45, 7) is 0.00465. The second-order valence-electron chi connectivity index (χ2n) is 5.71. The lowest BCUT2D eigenvalue weighted by Crippen LogP contribution is -2.11. The lowest BCUT2D eigenvalue weighted by atomic mass is 10.2. The first kappa shape index (κ1) is 17.7. The number of hydrogen-bond acceptors (Lipinski definition) is 7. The minimum atomic E-state index is -0.496. The highest BCUT2D eigenvalue weighted by atomic mass is 32.1. The summed E-state index contributed by atoms with van der Waals surface area (Å²) in [4.78, 5) is 29.3. The number of furan rings is 1. The van der Waals surface area contributed by atoms with E-state index in [1.807, 2.05) is 17.5 Å². The number of anilines is 1.